The number of halogens is 1. The van der Waals surface area contributed by atoms with E-state index in [0.29, 0.717) is 43.5 Å². The first-order chi connectivity index (χ1) is 20.9. The molecule has 0 radical (unpaired) electrons. The summed E-state index contributed by atoms with van der Waals surface area (Å²) in [5.41, 5.74) is 3.80. The summed E-state index contributed by atoms with van der Waals surface area (Å²) in [7, 11) is 1.72. The Balaban J connectivity index is 1.17. The van der Waals surface area contributed by atoms with Crippen LogP contribution >= 0.6 is 23.4 Å². The largest absolute Gasteiger partial charge is 0.490 e. The summed E-state index contributed by atoms with van der Waals surface area (Å²) in [5, 5.41) is 19.7. The second kappa shape index (κ2) is 14.9. The van der Waals surface area contributed by atoms with Crippen molar-refractivity contribution in [1.82, 2.24) is 9.88 Å². The molecule has 1 atom stereocenters. The number of nitrogens with zero attached hydrogens (tertiary/aromatic N) is 2. The van der Waals surface area contributed by atoms with Crippen LogP contribution in [0.3, 0.4) is 0 Å². The van der Waals surface area contributed by atoms with E-state index in [1.165, 1.54) is 0 Å². The number of unbranched alkanes of at least 4 members (excludes halogenated alkanes) is 1. The number of pyridine rings is 1. The van der Waals surface area contributed by atoms with E-state index >= 15 is 0 Å². The molecular weight excluding hydrogens is 584 g/mol. The van der Waals surface area contributed by atoms with Crippen molar-refractivity contribution in [1.29, 1.82) is 0 Å². The minimum Gasteiger partial charge on any atom is -0.490 e. The third-order valence-corrected chi connectivity index (χ3v) is 9.43. The van der Waals surface area contributed by atoms with Gasteiger partial charge in [-0.1, -0.05) is 29.8 Å². The van der Waals surface area contributed by atoms with Crippen LogP contribution in [0.25, 0.3) is 11.1 Å². The molecule has 2 aliphatic carbocycles. The van der Waals surface area contributed by atoms with Gasteiger partial charge in [-0.2, -0.15) is 0 Å². The Bertz CT molecular complexity index is 1380. The van der Waals surface area contributed by atoms with Crippen LogP contribution in [0.5, 0.6) is 5.75 Å². The quantitative estimate of drug-likeness (QED) is 0.129. The number of hydrogen-bond acceptors (Lipinski definition) is 7. The fraction of sp³-hybridized carbons (Fsp3) is 0.471. The van der Waals surface area contributed by atoms with Gasteiger partial charge in [-0.05, 0) is 98.6 Å². The predicted octanol–water partition coefficient (Wildman–Crippen LogP) is 6.61. The highest BCUT2D eigenvalue weighted by Crippen LogP contribution is 2.53. The number of carbonyl (C=O) groups is 1. The molecule has 2 N–H and O–H groups in total. The maximum absolute atomic E-state index is 12.4. The number of aliphatic hydroxyl groups excluding tert-OH is 2. The minimum absolute atomic E-state index is 0.0734. The van der Waals surface area contributed by atoms with E-state index in [9.17, 15) is 9.90 Å². The van der Waals surface area contributed by atoms with Crippen molar-refractivity contribution < 1.29 is 24.5 Å². The van der Waals surface area contributed by atoms with Crippen molar-refractivity contribution in [3.05, 3.63) is 77.1 Å². The number of thioether (sulfide) groups is 1. The van der Waals surface area contributed by atoms with Crippen molar-refractivity contribution >= 4 is 29.3 Å². The Kier molecular flexibility index (Phi) is 11.0. The van der Waals surface area contributed by atoms with E-state index < -0.39 is 11.7 Å². The molecule has 1 unspecified atom stereocenters. The fourth-order valence-corrected chi connectivity index (χ4v) is 6.22. The lowest BCUT2D eigenvalue weighted by Gasteiger charge is -2.22. The average molecular weight is 625 g/mol. The van der Waals surface area contributed by atoms with Crippen molar-refractivity contribution in [2.45, 2.75) is 80.7 Å². The van der Waals surface area contributed by atoms with E-state index in [1.54, 1.807) is 23.7 Å². The number of benzene rings is 2. The minimum atomic E-state index is -1.01. The van der Waals surface area contributed by atoms with Gasteiger partial charge < -0.3 is 24.6 Å². The van der Waals surface area contributed by atoms with Gasteiger partial charge in [0.2, 0.25) is 0 Å². The number of aromatic nitrogens is 1. The second-order valence-corrected chi connectivity index (χ2v) is 13.0. The maximum atomic E-state index is 12.4. The molecule has 5 rings (SSSR count). The van der Waals surface area contributed by atoms with Gasteiger partial charge in [0.05, 0.1) is 18.3 Å². The Labute approximate surface area is 263 Å². The number of carbonyl (C=O) groups excluding carboxylic acids is 1. The number of ether oxygens (including phenoxy) is 2. The van der Waals surface area contributed by atoms with Crippen molar-refractivity contribution in [2.24, 2.45) is 0 Å². The van der Waals surface area contributed by atoms with Crippen LogP contribution in [0, 0.1) is 0 Å². The van der Waals surface area contributed by atoms with Gasteiger partial charge in [0.15, 0.2) is 0 Å². The van der Waals surface area contributed by atoms with E-state index in [-0.39, 0.29) is 12.5 Å². The number of likely N-dealkylation sites (N-methyl/N-ethyl adjacent to an activating group) is 1. The van der Waals surface area contributed by atoms with Gasteiger partial charge in [0.1, 0.15) is 11.9 Å². The number of rotatable bonds is 17. The Morgan fingerprint density at radius 1 is 1.14 bits per heavy atom. The van der Waals surface area contributed by atoms with Crippen molar-refractivity contribution in [3.8, 4) is 16.9 Å². The fourth-order valence-electron chi connectivity index (χ4n) is 5.15. The zero-order chi connectivity index (χ0) is 30.2. The van der Waals surface area contributed by atoms with Crippen LogP contribution in [0.2, 0.25) is 5.02 Å². The lowest BCUT2D eigenvalue weighted by molar-refractivity contribution is -0.139. The molecule has 230 valence electrons. The number of aliphatic hydroxyl groups is 2. The first kappa shape index (κ1) is 31.8. The van der Waals surface area contributed by atoms with E-state index in [0.717, 1.165) is 70.8 Å². The molecule has 9 heteroatoms. The molecule has 3 aromatic rings. The standard InChI is InChI=1S/C34H41ClN2O5S/c1-37(33(40)31(39)8-4-5-19-38)18-6-20-43-26-12-13-30(35)24(21-26)23-41-34(15-16-34)29-22-36-17-14-27(29)28-7-2-3-9-32(28)42-25-10-11-25/h2-3,7,9,12-14,17,21-22,25,31,38-39H,4-6,8,10-11,15-16,18-20,23H2,1H3. The number of para-hydroxylation sites is 1. The Morgan fingerprint density at radius 3 is 2.72 bits per heavy atom. The molecule has 1 amide bonds. The van der Waals surface area contributed by atoms with Gasteiger partial charge in [-0.25, -0.2) is 0 Å². The van der Waals surface area contributed by atoms with Crippen LogP contribution in [-0.4, -0.2) is 64.2 Å². The van der Waals surface area contributed by atoms with Crippen LogP contribution in [0.4, 0.5) is 0 Å². The van der Waals surface area contributed by atoms with Gasteiger partial charge in [-0.3, -0.25) is 9.78 Å². The van der Waals surface area contributed by atoms with E-state index in [1.807, 2.05) is 42.7 Å². The first-order valence-electron chi connectivity index (χ1n) is 15.2. The molecular formula is C34H41ClN2O5S. The third-order valence-electron chi connectivity index (χ3n) is 7.99. The van der Waals surface area contributed by atoms with Crippen molar-refractivity contribution in [2.75, 3.05) is 26.0 Å². The highest BCUT2D eigenvalue weighted by atomic mass is 35.5. The number of amides is 1. The lowest BCUT2D eigenvalue weighted by Crippen LogP contribution is -2.37. The summed E-state index contributed by atoms with van der Waals surface area (Å²) in [5.74, 6) is 1.47. The first-order valence-corrected chi connectivity index (χ1v) is 16.6. The van der Waals surface area contributed by atoms with Crippen molar-refractivity contribution in [3.63, 3.8) is 0 Å². The summed E-state index contributed by atoms with van der Waals surface area (Å²) in [4.78, 5) is 19.5. The molecule has 1 aromatic heterocycles. The van der Waals surface area contributed by atoms with E-state index in [2.05, 4.69) is 23.2 Å². The topological polar surface area (TPSA) is 92.1 Å². The maximum Gasteiger partial charge on any atom is 0.251 e. The zero-order valence-corrected chi connectivity index (χ0v) is 26.3. The SMILES string of the molecule is CN(CCCSc1ccc(Cl)c(COC2(c3cnccc3-c3ccccc3OC3CC3)CC2)c1)C(=O)C(O)CCCCO. The zero-order valence-electron chi connectivity index (χ0n) is 24.7. The molecule has 43 heavy (non-hydrogen) atoms. The predicted molar refractivity (Wildman–Crippen MR) is 170 cm³/mol. The molecule has 0 saturated heterocycles. The van der Waals surface area contributed by atoms with Gasteiger partial charge in [-0.15, -0.1) is 11.8 Å². The summed E-state index contributed by atoms with van der Waals surface area (Å²) < 4.78 is 12.9. The summed E-state index contributed by atoms with van der Waals surface area (Å²) in [6, 6.07) is 16.3. The average Bonchev–Trinajstić information content (AvgIpc) is 3.97. The van der Waals surface area contributed by atoms with Crippen LogP contribution in [0.1, 0.15) is 62.5 Å². The number of hydrogen-bond donors (Lipinski definition) is 2. The van der Waals surface area contributed by atoms with E-state index in [4.69, 9.17) is 26.2 Å². The Morgan fingerprint density at radius 2 is 1.95 bits per heavy atom. The lowest BCUT2D eigenvalue weighted by atomic mass is 9.96. The molecule has 0 aliphatic heterocycles. The van der Waals surface area contributed by atoms with Crippen LogP contribution < -0.4 is 4.74 Å². The highest BCUT2D eigenvalue weighted by molar-refractivity contribution is 7.99. The third kappa shape index (κ3) is 8.52. The Hall–Kier alpha value is -2.62. The van der Waals surface area contributed by atoms with Gasteiger partial charge >= 0.3 is 0 Å². The highest BCUT2D eigenvalue weighted by Gasteiger charge is 2.47. The normalized spacial score (nSPS) is 16.1. The van der Waals surface area contributed by atoms with Gasteiger partial charge in [0, 0.05) is 53.6 Å². The van der Waals surface area contributed by atoms with Crippen LogP contribution in [0.15, 0.2) is 65.8 Å². The smallest absolute Gasteiger partial charge is 0.251 e. The molecule has 0 spiro atoms. The van der Waals surface area contributed by atoms with Gasteiger partial charge in [0.25, 0.3) is 5.91 Å². The summed E-state index contributed by atoms with van der Waals surface area (Å²) in [6.45, 7) is 1.04. The molecule has 7 nitrogen and oxygen atoms in total. The molecule has 2 aromatic carbocycles. The monoisotopic (exact) mass is 624 g/mol. The molecule has 2 fully saturated rings. The van der Waals surface area contributed by atoms with Crippen LogP contribution in [-0.2, 0) is 21.7 Å². The molecule has 1 heterocycles. The summed E-state index contributed by atoms with van der Waals surface area (Å²) >= 11 is 8.32. The summed E-state index contributed by atoms with van der Waals surface area (Å²) in [6.07, 6.45) is 9.52. The molecule has 2 aliphatic rings. The molecule has 0 bridgehead atoms. The molecule has 2 saturated carbocycles. The second-order valence-electron chi connectivity index (χ2n) is 11.5.